The fourth-order valence-electron chi connectivity index (χ4n) is 2.19. The van der Waals surface area contributed by atoms with Gasteiger partial charge in [-0.1, -0.05) is 19.8 Å². The Morgan fingerprint density at radius 3 is 2.47 bits per heavy atom. The van der Waals surface area contributed by atoms with E-state index < -0.39 is 10.7 Å². The van der Waals surface area contributed by atoms with Crippen molar-refractivity contribution >= 4 is 10.7 Å². The molecule has 0 N–H and O–H groups in total. The summed E-state index contributed by atoms with van der Waals surface area (Å²) < 4.78 is 21.5. The van der Waals surface area contributed by atoms with Crippen molar-refractivity contribution in [1.82, 2.24) is 4.90 Å². The summed E-state index contributed by atoms with van der Waals surface area (Å²) in [5.41, 5.74) is 0. The van der Waals surface area contributed by atoms with Crippen molar-refractivity contribution in [1.29, 1.82) is 0 Å². The van der Waals surface area contributed by atoms with E-state index in [0.29, 0.717) is 6.54 Å². The van der Waals surface area contributed by atoms with Gasteiger partial charge in [-0.2, -0.15) is 0 Å². The molecule has 1 unspecified atom stereocenters. The van der Waals surface area contributed by atoms with E-state index in [4.69, 9.17) is 0 Å². The molecule has 0 aromatic heterocycles. The van der Waals surface area contributed by atoms with Gasteiger partial charge in [0.05, 0.1) is 5.25 Å². The number of nitrogens with zero attached hydrogens (tertiary/aromatic N) is 1. The molecule has 1 heterocycles. The highest BCUT2D eigenvalue weighted by Gasteiger charge is 2.20. The van der Waals surface area contributed by atoms with E-state index in [0.717, 1.165) is 25.4 Å². The molecule has 0 saturated carbocycles. The van der Waals surface area contributed by atoms with Crippen LogP contribution in [0.4, 0.5) is 0 Å². The highest BCUT2D eigenvalue weighted by atomic mass is 32.2. The molecule has 1 saturated heterocycles. The van der Waals surface area contributed by atoms with Crippen molar-refractivity contribution in [2.75, 3.05) is 19.6 Å². The Hall–Kier alpha value is -0.0900. The third-order valence-corrected chi connectivity index (χ3v) is 4.08. The predicted octanol–water partition coefficient (Wildman–Crippen LogP) is 1.31. The maximum Gasteiger partial charge on any atom is 0.143 e. The first-order valence-electron chi connectivity index (χ1n) is 5.78. The standard InChI is InChI=1S/C11H22NO2S/c1-3-4-11-5-7-12(8-6-11)9-10(2)15(13)14/h10-11,15H,1,3-9H2,2H3. The quantitative estimate of drug-likeness (QED) is 0.726. The van der Waals surface area contributed by atoms with Gasteiger partial charge in [-0.05, 0) is 38.8 Å². The summed E-state index contributed by atoms with van der Waals surface area (Å²) in [5, 5.41) is -0.204. The molecule has 15 heavy (non-hydrogen) atoms. The summed E-state index contributed by atoms with van der Waals surface area (Å²) >= 11 is 0. The summed E-state index contributed by atoms with van der Waals surface area (Å²) in [4.78, 5) is 2.27. The van der Waals surface area contributed by atoms with Gasteiger partial charge in [0.2, 0.25) is 0 Å². The van der Waals surface area contributed by atoms with Crippen molar-refractivity contribution < 1.29 is 8.42 Å². The largest absolute Gasteiger partial charge is 0.302 e. The summed E-state index contributed by atoms with van der Waals surface area (Å²) in [6.07, 6.45) is 4.66. The van der Waals surface area contributed by atoms with Crippen molar-refractivity contribution in [3.63, 3.8) is 0 Å². The topological polar surface area (TPSA) is 37.4 Å². The number of likely N-dealkylation sites (tertiary alicyclic amines) is 1. The minimum atomic E-state index is -2.26. The number of piperidine rings is 1. The fourth-order valence-corrected chi connectivity index (χ4v) is 2.55. The average molecular weight is 232 g/mol. The highest BCUT2D eigenvalue weighted by Crippen LogP contribution is 2.21. The van der Waals surface area contributed by atoms with Crippen LogP contribution in [0.2, 0.25) is 0 Å². The number of rotatable bonds is 5. The van der Waals surface area contributed by atoms with E-state index in [9.17, 15) is 8.42 Å². The lowest BCUT2D eigenvalue weighted by Crippen LogP contribution is -2.38. The maximum absolute atomic E-state index is 10.7. The van der Waals surface area contributed by atoms with Gasteiger partial charge in [-0.15, -0.1) is 0 Å². The second kappa shape index (κ2) is 6.48. The Labute approximate surface area is 94.8 Å². The van der Waals surface area contributed by atoms with E-state index >= 15 is 0 Å². The Bertz CT molecular complexity index is 237. The molecule has 0 amide bonds. The zero-order chi connectivity index (χ0) is 11.3. The van der Waals surface area contributed by atoms with Crippen molar-refractivity contribution in [3.05, 3.63) is 6.92 Å². The fraction of sp³-hybridized carbons (Fsp3) is 0.909. The van der Waals surface area contributed by atoms with Crippen LogP contribution in [-0.2, 0) is 10.7 Å². The normalized spacial score (nSPS) is 22.1. The van der Waals surface area contributed by atoms with Crippen LogP contribution in [0.5, 0.6) is 0 Å². The minimum Gasteiger partial charge on any atom is -0.302 e. The van der Waals surface area contributed by atoms with Crippen molar-refractivity contribution in [2.45, 2.75) is 37.9 Å². The Morgan fingerprint density at radius 1 is 1.40 bits per heavy atom. The predicted molar refractivity (Wildman–Crippen MR) is 63.5 cm³/mol. The zero-order valence-corrected chi connectivity index (χ0v) is 10.4. The molecule has 1 aliphatic heterocycles. The van der Waals surface area contributed by atoms with E-state index in [2.05, 4.69) is 11.8 Å². The zero-order valence-electron chi connectivity index (χ0n) is 9.52. The number of thiol groups is 1. The first-order valence-corrected chi connectivity index (χ1v) is 7.03. The van der Waals surface area contributed by atoms with Crippen LogP contribution in [0.25, 0.3) is 0 Å². The number of hydrogen-bond donors (Lipinski definition) is 1. The molecule has 0 aromatic rings. The summed E-state index contributed by atoms with van der Waals surface area (Å²) in [5.74, 6) is 0.815. The molecule has 1 aliphatic rings. The van der Waals surface area contributed by atoms with Gasteiger partial charge < -0.3 is 4.90 Å². The smallest absolute Gasteiger partial charge is 0.143 e. The first-order chi connectivity index (χ1) is 7.13. The van der Waals surface area contributed by atoms with E-state index in [1.165, 1.54) is 19.3 Å². The van der Waals surface area contributed by atoms with E-state index in [1.807, 2.05) is 0 Å². The molecule has 3 nitrogen and oxygen atoms in total. The molecule has 0 aliphatic carbocycles. The lowest BCUT2D eigenvalue weighted by Gasteiger charge is -2.32. The van der Waals surface area contributed by atoms with Gasteiger partial charge in [-0.25, -0.2) is 8.42 Å². The lowest BCUT2D eigenvalue weighted by atomic mass is 9.92. The van der Waals surface area contributed by atoms with Gasteiger partial charge in [0.25, 0.3) is 0 Å². The average Bonchev–Trinajstić information content (AvgIpc) is 2.21. The SMILES string of the molecule is [CH2]CCC1CCN(CC(C)[SH](=O)=O)CC1. The van der Waals surface area contributed by atoms with Crippen LogP contribution in [0, 0.1) is 12.8 Å². The van der Waals surface area contributed by atoms with Gasteiger partial charge in [0, 0.05) is 6.54 Å². The van der Waals surface area contributed by atoms with Gasteiger partial charge in [0.1, 0.15) is 10.7 Å². The minimum absolute atomic E-state index is 0.204. The van der Waals surface area contributed by atoms with Crippen LogP contribution in [0.15, 0.2) is 0 Å². The Kier molecular flexibility index (Phi) is 5.61. The summed E-state index contributed by atoms with van der Waals surface area (Å²) in [7, 11) is -2.26. The molecule has 1 radical (unpaired) electrons. The summed E-state index contributed by atoms with van der Waals surface area (Å²) in [6.45, 7) is 8.47. The van der Waals surface area contributed by atoms with Crippen LogP contribution in [0.1, 0.15) is 32.6 Å². The summed E-state index contributed by atoms with van der Waals surface area (Å²) in [6, 6.07) is 0. The first kappa shape index (κ1) is 13.0. The van der Waals surface area contributed by atoms with Crippen molar-refractivity contribution in [3.8, 4) is 0 Å². The van der Waals surface area contributed by atoms with E-state index in [1.54, 1.807) is 6.92 Å². The lowest BCUT2D eigenvalue weighted by molar-refractivity contribution is 0.181. The molecule has 1 atom stereocenters. The molecule has 1 fully saturated rings. The van der Waals surface area contributed by atoms with Gasteiger partial charge in [0.15, 0.2) is 0 Å². The van der Waals surface area contributed by atoms with Gasteiger partial charge in [-0.3, -0.25) is 0 Å². The molecule has 0 spiro atoms. The van der Waals surface area contributed by atoms with Crippen LogP contribution < -0.4 is 0 Å². The maximum atomic E-state index is 10.7. The molecule has 1 rings (SSSR count). The van der Waals surface area contributed by atoms with Gasteiger partial charge >= 0.3 is 0 Å². The molecule has 0 bridgehead atoms. The second-order valence-electron chi connectivity index (χ2n) is 4.52. The third kappa shape index (κ3) is 4.51. The monoisotopic (exact) mass is 232 g/mol. The highest BCUT2D eigenvalue weighted by molar-refractivity contribution is 7.73. The molecule has 4 heteroatoms. The van der Waals surface area contributed by atoms with E-state index in [-0.39, 0.29) is 5.25 Å². The number of hydrogen-bond acceptors (Lipinski definition) is 3. The second-order valence-corrected chi connectivity index (χ2v) is 5.97. The van der Waals surface area contributed by atoms with Crippen LogP contribution >= 0.6 is 0 Å². The Morgan fingerprint density at radius 2 is 2.00 bits per heavy atom. The molecular weight excluding hydrogens is 210 g/mol. The molecule has 89 valence electrons. The molecule has 0 aromatic carbocycles. The molecular formula is C11H22NO2S. The third-order valence-electron chi connectivity index (χ3n) is 3.20. The van der Waals surface area contributed by atoms with Crippen LogP contribution in [0.3, 0.4) is 0 Å². The van der Waals surface area contributed by atoms with Crippen LogP contribution in [-0.4, -0.2) is 38.2 Å². The Balaban J connectivity index is 2.25. The van der Waals surface area contributed by atoms with Crippen molar-refractivity contribution in [2.24, 2.45) is 5.92 Å².